The summed E-state index contributed by atoms with van der Waals surface area (Å²) in [6, 6.07) is 18.3. The summed E-state index contributed by atoms with van der Waals surface area (Å²) in [5.74, 6) is 0.175. The molecule has 0 aliphatic carbocycles. The van der Waals surface area contributed by atoms with Gasteiger partial charge in [-0.2, -0.15) is 0 Å². The van der Waals surface area contributed by atoms with Crippen LogP contribution in [0.15, 0.2) is 54.6 Å². The Labute approximate surface area is 161 Å². The second-order valence-corrected chi connectivity index (χ2v) is 6.52. The molecule has 1 atom stereocenters. The predicted molar refractivity (Wildman–Crippen MR) is 108 cm³/mol. The molecule has 1 unspecified atom stereocenters. The standard InChI is InChI=1S/C21H26N2O2.ClH/c24-21(19-9-5-12-22-15-19)23-20-10-4-8-18(14-20)16-25-13-11-17-6-2-1-3-7-17;/h1-4,6-8,10,14,19,22H,5,9,11-13,15-16H2,(H,23,24);1H. The predicted octanol–water partition coefficient (Wildman–Crippen LogP) is 3.81. The van der Waals surface area contributed by atoms with Crippen molar-refractivity contribution >= 4 is 24.0 Å². The van der Waals surface area contributed by atoms with Crippen molar-refractivity contribution in [3.63, 3.8) is 0 Å². The van der Waals surface area contributed by atoms with Crippen LogP contribution in [0.2, 0.25) is 0 Å². The lowest BCUT2D eigenvalue weighted by atomic mass is 9.99. The van der Waals surface area contributed by atoms with E-state index < -0.39 is 0 Å². The van der Waals surface area contributed by atoms with Crippen molar-refractivity contribution in [1.82, 2.24) is 5.32 Å². The molecule has 0 saturated carbocycles. The minimum absolute atomic E-state index is 0. The summed E-state index contributed by atoms with van der Waals surface area (Å²) in [6.45, 7) is 3.03. The molecule has 140 valence electrons. The number of halogens is 1. The van der Waals surface area contributed by atoms with Crippen molar-refractivity contribution < 1.29 is 9.53 Å². The van der Waals surface area contributed by atoms with Crippen molar-refractivity contribution in [1.29, 1.82) is 0 Å². The van der Waals surface area contributed by atoms with Crippen LogP contribution in [0.3, 0.4) is 0 Å². The third kappa shape index (κ3) is 6.45. The van der Waals surface area contributed by atoms with Crippen LogP contribution in [0.25, 0.3) is 0 Å². The van der Waals surface area contributed by atoms with Crippen molar-refractivity contribution in [2.75, 3.05) is 25.0 Å². The van der Waals surface area contributed by atoms with Crippen LogP contribution in [-0.4, -0.2) is 25.6 Å². The summed E-state index contributed by atoms with van der Waals surface area (Å²) in [5, 5.41) is 6.31. The minimum atomic E-state index is 0. The highest BCUT2D eigenvalue weighted by Crippen LogP contribution is 2.16. The first kappa shape index (κ1) is 20.4. The zero-order chi connectivity index (χ0) is 17.3. The molecule has 1 aliphatic rings. The maximum Gasteiger partial charge on any atom is 0.228 e. The van der Waals surface area contributed by atoms with Crippen LogP contribution in [0, 0.1) is 5.92 Å². The van der Waals surface area contributed by atoms with E-state index in [1.807, 2.05) is 42.5 Å². The van der Waals surface area contributed by atoms with E-state index in [-0.39, 0.29) is 24.2 Å². The van der Waals surface area contributed by atoms with Gasteiger partial charge in [0.25, 0.3) is 0 Å². The number of ether oxygens (including phenoxy) is 1. The highest BCUT2D eigenvalue weighted by molar-refractivity contribution is 5.92. The molecule has 1 fully saturated rings. The topological polar surface area (TPSA) is 50.4 Å². The van der Waals surface area contributed by atoms with Crippen molar-refractivity contribution in [3.05, 3.63) is 65.7 Å². The van der Waals surface area contributed by atoms with Gasteiger partial charge in [-0.05, 0) is 49.1 Å². The molecular formula is C21H27ClN2O2. The van der Waals surface area contributed by atoms with E-state index in [1.54, 1.807) is 0 Å². The van der Waals surface area contributed by atoms with Gasteiger partial charge in [-0.25, -0.2) is 0 Å². The summed E-state index contributed by atoms with van der Waals surface area (Å²) in [4.78, 5) is 12.3. The number of hydrogen-bond acceptors (Lipinski definition) is 3. The van der Waals surface area contributed by atoms with Gasteiger partial charge in [-0.15, -0.1) is 12.4 Å². The summed E-state index contributed by atoms with van der Waals surface area (Å²) in [6.07, 6.45) is 2.93. The van der Waals surface area contributed by atoms with E-state index in [1.165, 1.54) is 5.56 Å². The maximum atomic E-state index is 12.3. The molecule has 0 radical (unpaired) electrons. The van der Waals surface area contributed by atoms with E-state index in [4.69, 9.17) is 4.74 Å². The van der Waals surface area contributed by atoms with E-state index >= 15 is 0 Å². The van der Waals surface area contributed by atoms with Crippen LogP contribution in [0.1, 0.15) is 24.0 Å². The lowest BCUT2D eigenvalue weighted by molar-refractivity contribution is -0.120. The van der Waals surface area contributed by atoms with Crippen molar-refractivity contribution in [3.8, 4) is 0 Å². The number of piperidine rings is 1. The van der Waals surface area contributed by atoms with Gasteiger partial charge in [0.1, 0.15) is 0 Å². The average molecular weight is 375 g/mol. The van der Waals surface area contributed by atoms with Crippen LogP contribution in [-0.2, 0) is 22.6 Å². The van der Waals surface area contributed by atoms with Crippen LogP contribution >= 0.6 is 12.4 Å². The molecule has 5 heteroatoms. The number of anilines is 1. The van der Waals surface area contributed by atoms with Gasteiger partial charge >= 0.3 is 0 Å². The van der Waals surface area contributed by atoms with E-state index in [9.17, 15) is 4.79 Å². The van der Waals surface area contributed by atoms with Gasteiger partial charge in [0.2, 0.25) is 5.91 Å². The number of rotatable bonds is 7. The summed E-state index contributed by atoms with van der Waals surface area (Å²) in [5.41, 5.74) is 3.21. The number of carbonyl (C=O) groups excluding carboxylic acids is 1. The van der Waals surface area contributed by atoms with Gasteiger partial charge in [-0.1, -0.05) is 42.5 Å². The fourth-order valence-electron chi connectivity index (χ4n) is 3.08. The molecule has 1 aliphatic heterocycles. The Hall–Kier alpha value is -1.88. The average Bonchev–Trinajstić information content (AvgIpc) is 2.67. The van der Waals surface area contributed by atoms with Gasteiger partial charge in [0.05, 0.1) is 19.1 Å². The highest BCUT2D eigenvalue weighted by Gasteiger charge is 2.20. The summed E-state index contributed by atoms with van der Waals surface area (Å²) in [7, 11) is 0. The van der Waals surface area contributed by atoms with Crippen LogP contribution < -0.4 is 10.6 Å². The van der Waals surface area contributed by atoms with E-state index in [2.05, 4.69) is 22.8 Å². The lowest BCUT2D eigenvalue weighted by Crippen LogP contribution is -2.37. The Balaban J connectivity index is 0.00000243. The first-order valence-electron chi connectivity index (χ1n) is 9.03. The smallest absolute Gasteiger partial charge is 0.228 e. The number of benzene rings is 2. The molecule has 0 spiro atoms. The van der Waals surface area contributed by atoms with Crippen molar-refractivity contribution in [2.45, 2.75) is 25.9 Å². The Morgan fingerprint density at radius 2 is 1.92 bits per heavy atom. The first-order valence-corrected chi connectivity index (χ1v) is 9.03. The molecule has 0 aromatic heterocycles. The summed E-state index contributed by atoms with van der Waals surface area (Å²) < 4.78 is 5.78. The molecule has 2 aromatic rings. The lowest BCUT2D eigenvalue weighted by Gasteiger charge is -2.22. The van der Waals surface area contributed by atoms with Gasteiger partial charge in [0.15, 0.2) is 0 Å². The monoisotopic (exact) mass is 374 g/mol. The zero-order valence-electron chi connectivity index (χ0n) is 14.9. The molecular weight excluding hydrogens is 348 g/mol. The van der Waals surface area contributed by atoms with Crippen LogP contribution in [0.4, 0.5) is 5.69 Å². The molecule has 2 N–H and O–H groups in total. The van der Waals surface area contributed by atoms with Crippen molar-refractivity contribution in [2.24, 2.45) is 5.92 Å². The number of carbonyl (C=O) groups is 1. The van der Waals surface area contributed by atoms with Gasteiger partial charge in [-0.3, -0.25) is 4.79 Å². The number of nitrogens with one attached hydrogen (secondary N) is 2. The van der Waals surface area contributed by atoms with Crippen LogP contribution in [0.5, 0.6) is 0 Å². The summed E-state index contributed by atoms with van der Waals surface area (Å²) >= 11 is 0. The van der Waals surface area contributed by atoms with Gasteiger partial charge in [0, 0.05) is 12.2 Å². The Morgan fingerprint density at radius 3 is 2.69 bits per heavy atom. The third-order valence-electron chi connectivity index (χ3n) is 4.51. The quantitative estimate of drug-likeness (QED) is 0.724. The maximum absolute atomic E-state index is 12.3. The molecule has 3 rings (SSSR count). The van der Waals surface area contributed by atoms with E-state index in [0.29, 0.717) is 13.2 Å². The Bertz CT molecular complexity index is 673. The Kier molecular flexibility index (Phi) is 8.62. The van der Waals surface area contributed by atoms with E-state index in [0.717, 1.165) is 43.6 Å². The van der Waals surface area contributed by atoms with Gasteiger partial charge < -0.3 is 15.4 Å². The zero-order valence-corrected chi connectivity index (χ0v) is 15.8. The molecule has 0 bridgehead atoms. The molecule has 1 saturated heterocycles. The molecule has 2 aromatic carbocycles. The normalized spacial score (nSPS) is 16.5. The largest absolute Gasteiger partial charge is 0.376 e. The SMILES string of the molecule is Cl.O=C(Nc1cccc(COCCc2ccccc2)c1)C1CCCNC1. The second-order valence-electron chi connectivity index (χ2n) is 6.52. The Morgan fingerprint density at radius 1 is 1.12 bits per heavy atom. The first-order chi connectivity index (χ1) is 12.3. The fraction of sp³-hybridized carbons (Fsp3) is 0.381. The molecule has 4 nitrogen and oxygen atoms in total. The highest BCUT2D eigenvalue weighted by atomic mass is 35.5. The third-order valence-corrected chi connectivity index (χ3v) is 4.51. The number of hydrogen-bond donors (Lipinski definition) is 2. The number of amides is 1. The second kappa shape index (κ2) is 11.0. The molecule has 1 amide bonds. The molecule has 26 heavy (non-hydrogen) atoms. The fourth-order valence-corrected chi connectivity index (χ4v) is 3.08. The minimum Gasteiger partial charge on any atom is -0.376 e. The molecule has 1 heterocycles.